The lowest BCUT2D eigenvalue weighted by Crippen LogP contribution is -2.37. The third-order valence-corrected chi connectivity index (χ3v) is 6.15. The Bertz CT molecular complexity index is 893. The summed E-state index contributed by atoms with van der Waals surface area (Å²) in [7, 11) is -1.36. The SMILES string of the molecule is Cc1nc2ccc(C(=O)N(C)C3CCS(=O)(=O)C3)cc2nc1C. The molecule has 122 valence electrons. The summed E-state index contributed by atoms with van der Waals surface area (Å²) >= 11 is 0. The van der Waals surface area contributed by atoms with Crippen LogP contribution < -0.4 is 0 Å². The van der Waals surface area contributed by atoms with Crippen LogP contribution in [-0.2, 0) is 9.84 Å². The predicted octanol–water partition coefficient (Wildman–Crippen LogP) is 1.51. The molecular weight excluding hydrogens is 314 g/mol. The van der Waals surface area contributed by atoms with E-state index in [9.17, 15) is 13.2 Å². The van der Waals surface area contributed by atoms with Gasteiger partial charge >= 0.3 is 0 Å². The molecule has 1 atom stereocenters. The highest BCUT2D eigenvalue weighted by Crippen LogP contribution is 2.20. The van der Waals surface area contributed by atoms with Crippen LogP contribution in [0.1, 0.15) is 28.2 Å². The number of aryl methyl sites for hydroxylation is 2. The van der Waals surface area contributed by atoms with Crippen LogP contribution in [0.5, 0.6) is 0 Å². The maximum atomic E-state index is 12.6. The van der Waals surface area contributed by atoms with Gasteiger partial charge in [0.05, 0.1) is 33.9 Å². The molecule has 1 fully saturated rings. The Hall–Kier alpha value is -2.02. The fourth-order valence-electron chi connectivity index (χ4n) is 2.81. The van der Waals surface area contributed by atoms with Crippen molar-refractivity contribution in [2.45, 2.75) is 26.3 Å². The summed E-state index contributed by atoms with van der Waals surface area (Å²) in [5.74, 6) is 0.00626. The molecule has 0 radical (unpaired) electrons. The van der Waals surface area contributed by atoms with Gasteiger partial charge in [-0.1, -0.05) is 0 Å². The molecule has 3 rings (SSSR count). The largest absolute Gasteiger partial charge is 0.338 e. The molecule has 1 aromatic carbocycles. The normalized spacial score (nSPS) is 19.9. The summed E-state index contributed by atoms with van der Waals surface area (Å²) in [5, 5.41) is 0. The highest BCUT2D eigenvalue weighted by Gasteiger charge is 2.33. The summed E-state index contributed by atoms with van der Waals surface area (Å²) in [6, 6.07) is 4.96. The van der Waals surface area contributed by atoms with Crippen LogP contribution in [0.2, 0.25) is 0 Å². The van der Waals surface area contributed by atoms with Gasteiger partial charge in [0, 0.05) is 18.7 Å². The summed E-state index contributed by atoms with van der Waals surface area (Å²) < 4.78 is 23.2. The molecule has 0 aliphatic carbocycles. The smallest absolute Gasteiger partial charge is 0.253 e. The molecule has 2 heterocycles. The molecule has 1 amide bonds. The summed E-state index contributed by atoms with van der Waals surface area (Å²) in [5.41, 5.74) is 3.62. The Kier molecular flexibility index (Phi) is 3.83. The Morgan fingerprint density at radius 2 is 1.83 bits per heavy atom. The fraction of sp³-hybridized carbons (Fsp3) is 0.438. The van der Waals surface area contributed by atoms with Crippen molar-refractivity contribution in [3.63, 3.8) is 0 Å². The Labute approximate surface area is 135 Å². The van der Waals surface area contributed by atoms with Gasteiger partial charge in [-0.05, 0) is 38.5 Å². The van der Waals surface area contributed by atoms with Crippen molar-refractivity contribution < 1.29 is 13.2 Å². The number of carbonyl (C=O) groups is 1. The van der Waals surface area contributed by atoms with Gasteiger partial charge in [0.15, 0.2) is 9.84 Å². The molecular formula is C16H19N3O3S. The van der Waals surface area contributed by atoms with E-state index in [0.717, 1.165) is 16.9 Å². The van der Waals surface area contributed by atoms with Crippen molar-refractivity contribution >= 4 is 26.8 Å². The lowest BCUT2D eigenvalue weighted by Gasteiger charge is -2.23. The quantitative estimate of drug-likeness (QED) is 0.832. The van der Waals surface area contributed by atoms with E-state index in [1.165, 1.54) is 4.90 Å². The van der Waals surface area contributed by atoms with Crippen LogP contribution in [-0.4, -0.2) is 53.8 Å². The van der Waals surface area contributed by atoms with Crippen LogP contribution in [0.4, 0.5) is 0 Å². The second-order valence-corrected chi connectivity index (χ2v) is 8.30. The van der Waals surface area contributed by atoms with E-state index in [1.54, 1.807) is 25.2 Å². The molecule has 1 saturated heterocycles. The van der Waals surface area contributed by atoms with Crippen LogP contribution in [0, 0.1) is 13.8 Å². The molecule has 7 heteroatoms. The topological polar surface area (TPSA) is 80.2 Å². The maximum absolute atomic E-state index is 12.6. The van der Waals surface area contributed by atoms with E-state index >= 15 is 0 Å². The minimum Gasteiger partial charge on any atom is -0.338 e. The van der Waals surface area contributed by atoms with Gasteiger partial charge in [0.1, 0.15) is 0 Å². The Morgan fingerprint density at radius 3 is 2.43 bits per heavy atom. The van der Waals surface area contributed by atoms with Gasteiger partial charge in [-0.3, -0.25) is 4.79 Å². The molecule has 1 aromatic heterocycles. The number of carbonyl (C=O) groups excluding carboxylic acids is 1. The van der Waals surface area contributed by atoms with Crippen molar-refractivity contribution in [1.82, 2.24) is 14.9 Å². The summed E-state index contributed by atoms with van der Waals surface area (Å²) in [4.78, 5) is 23.1. The minimum absolute atomic E-state index is 0.0426. The zero-order chi connectivity index (χ0) is 16.8. The molecule has 0 spiro atoms. The van der Waals surface area contributed by atoms with Crippen LogP contribution in [0.3, 0.4) is 0 Å². The fourth-order valence-corrected chi connectivity index (χ4v) is 4.59. The van der Waals surface area contributed by atoms with Gasteiger partial charge < -0.3 is 4.90 Å². The highest BCUT2D eigenvalue weighted by molar-refractivity contribution is 7.91. The second-order valence-electron chi connectivity index (χ2n) is 6.07. The van der Waals surface area contributed by atoms with Gasteiger partial charge in [-0.25, -0.2) is 18.4 Å². The van der Waals surface area contributed by atoms with Gasteiger partial charge in [-0.15, -0.1) is 0 Å². The first kappa shape index (κ1) is 15.9. The zero-order valence-corrected chi connectivity index (χ0v) is 14.2. The molecule has 0 N–H and O–H groups in total. The third kappa shape index (κ3) is 3.06. The summed E-state index contributed by atoms with van der Waals surface area (Å²) in [6.07, 6.45) is 0.496. The molecule has 1 aliphatic rings. The van der Waals surface area contributed by atoms with Crippen molar-refractivity contribution in [2.75, 3.05) is 18.6 Å². The monoisotopic (exact) mass is 333 g/mol. The lowest BCUT2D eigenvalue weighted by molar-refractivity contribution is 0.0748. The van der Waals surface area contributed by atoms with Crippen LogP contribution in [0.25, 0.3) is 11.0 Å². The third-order valence-electron chi connectivity index (χ3n) is 4.40. The van der Waals surface area contributed by atoms with Gasteiger partial charge in [0.25, 0.3) is 5.91 Å². The first-order valence-electron chi connectivity index (χ1n) is 7.49. The van der Waals surface area contributed by atoms with E-state index in [1.807, 2.05) is 13.8 Å². The number of fused-ring (bicyclic) bond motifs is 1. The van der Waals surface area contributed by atoms with Crippen molar-refractivity contribution in [1.29, 1.82) is 0 Å². The Morgan fingerprint density at radius 1 is 1.17 bits per heavy atom. The van der Waals surface area contributed by atoms with E-state index in [0.29, 0.717) is 17.5 Å². The first-order valence-corrected chi connectivity index (χ1v) is 9.31. The maximum Gasteiger partial charge on any atom is 0.253 e. The number of sulfone groups is 1. The van der Waals surface area contributed by atoms with E-state index in [2.05, 4.69) is 9.97 Å². The molecule has 2 aromatic rings. The highest BCUT2D eigenvalue weighted by atomic mass is 32.2. The van der Waals surface area contributed by atoms with Crippen LogP contribution in [0.15, 0.2) is 18.2 Å². The molecule has 6 nitrogen and oxygen atoms in total. The average molecular weight is 333 g/mol. The van der Waals surface area contributed by atoms with Gasteiger partial charge in [-0.2, -0.15) is 0 Å². The van der Waals surface area contributed by atoms with Crippen molar-refractivity contribution in [2.24, 2.45) is 0 Å². The Balaban J connectivity index is 1.90. The lowest BCUT2D eigenvalue weighted by atomic mass is 10.1. The van der Waals surface area contributed by atoms with Crippen molar-refractivity contribution in [3.05, 3.63) is 35.2 Å². The number of aromatic nitrogens is 2. The predicted molar refractivity (Wildman–Crippen MR) is 88.2 cm³/mol. The van der Waals surface area contributed by atoms with Crippen LogP contribution >= 0.6 is 0 Å². The van der Waals surface area contributed by atoms with Gasteiger partial charge in [0.2, 0.25) is 0 Å². The molecule has 1 unspecified atom stereocenters. The molecule has 0 saturated carbocycles. The van der Waals surface area contributed by atoms with E-state index < -0.39 is 9.84 Å². The number of rotatable bonds is 2. The standard InChI is InChI=1S/C16H19N3O3S/c1-10-11(2)18-15-8-12(4-5-14(15)17-10)16(20)19(3)13-6-7-23(21,22)9-13/h4-5,8,13H,6-7,9H2,1-3H3. The zero-order valence-electron chi connectivity index (χ0n) is 13.4. The average Bonchev–Trinajstić information content (AvgIpc) is 2.86. The summed E-state index contributed by atoms with van der Waals surface area (Å²) in [6.45, 7) is 3.78. The number of amides is 1. The number of benzene rings is 1. The molecule has 1 aliphatic heterocycles. The molecule has 23 heavy (non-hydrogen) atoms. The number of hydrogen-bond acceptors (Lipinski definition) is 5. The van der Waals surface area contributed by atoms with E-state index in [4.69, 9.17) is 0 Å². The van der Waals surface area contributed by atoms with E-state index in [-0.39, 0.29) is 23.5 Å². The molecule has 0 bridgehead atoms. The number of nitrogens with zero attached hydrogens (tertiary/aromatic N) is 3. The van der Waals surface area contributed by atoms with Crippen molar-refractivity contribution in [3.8, 4) is 0 Å². The minimum atomic E-state index is -3.02. The first-order chi connectivity index (χ1) is 10.8. The number of hydrogen-bond donors (Lipinski definition) is 0. The second kappa shape index (κ2) is 5.56.